The van der Waals surface area contributed by atoms with Crippen molar-refractivity contribution in [2.24, 2.45) is 0 Å². The molecule has 0 heterocycles. The number of hydrogen-bond donors (Lipinski definition) is 0. The summed E-state index contributed by atoms with van der Waals surface area (Å²) in [6, 6.07) is 0. The molecule has 0 saturated carbocycles. The molecular weight excluding hydrogens is 734 g/mol. The first-order valence-corrected chi connectivity index (χ1v) is 24.5. The summed E-state index contributed by atoms with van der Waals surface area (Å²) in [7, 11) is 1.33. The molecule has 2 atom stereocenters. The van der Waals surface area contributed by atoms with Crippen LogP contribution in [-0.4, -0.2) is 70.7 Å². The van der Waals surface area contributed by atoms with Gasteiger partial charge in [-0.25, -0.2) is 0 Å². The lowest BCUT2D eigenvalue weighted by Crippen LogP contribution is -2.37. The third kappa shape index (κ3) is 45.1. The smallest absolute Gasteiger partial charge is 0.306 e. The molecule has 0 saturated heterocycles. The zero-order valence-electron chi connectivity index (χ0n) is 37.5. The molecule has 0 fully saturated rings. The Kier molecular flexibility index (Phi) is 39.7. The van der Waals surface area contributed by atoms with E-state index in [9.17, 15) is 14.3 Å². The van der Waals surface area contributed by atoms with Crippen LogP contribution in [0.15, 0.2) is 60.8 Å². The molecule has 0 N–H and O–H groups in total. The third-order valence-electron chi connectivity index (χ3n) is 9.58. The van der Waals surface area contributed by atoms with E-state index in [1.807, 2.05) is 21.1 Å². The molecule has 0 radical (unpaired) electrons. The summed E-state index contributed by atoms with van der Waals surface area (Å²) >= 11 is 0. The van der Waals surface area contributed by atoms with Gasteiger partial charge >= 0.3 is 5.97 Å². The Hall–Kier alpha value is -1.80. The highest BCUT2D eigenvalue weighted by atomic mass is 31.2. The van der Waals surface area contributed by atoms with E-state index in [0.29, 0.717) is 24.1 Å². The zero-order chi connectivity index (χ0) is 42.0. The van der Waals surface area contributed by atoms with E-state index >= 15 is 0 Å². The normalized spacial score (nSPS) is 14.3. The van der Waals surface area contributed by atoms with Gasteiger partial charge in [0.1, 0.15) is 19.3 Å². The number of esters is 1. The standard InChI is InChI=1S/C48H88NO7P/c1-6-8-10-12-14-16-18-20-22-24-25-26-27-29-31-33-35-37-39-41-48(50)56-47(46-55-57(51,52)54-44-42-49(3,4)5)45-53-43-40-38-36-34-32-30-28-23-21-19-17-15-13-11-9-7-2/h8,10,14,16,20,22,25-26,29,31,47H,6-7,9,11-13,15,17-19,21,23-24,27-28,30,32-46H2,1-5H3/b10-8+,16-14+,22-20+,26-25+,31-29+. The van der Waals surface area contributed by atoms with Gasteiger partial charge < -0.3 is 27.9 Å². The zero-order valence-corrected chi connectivity index (χ0v) is 38.4. The Labute approximate surface area is 351 Å². The maximum Gasteiger partial charge on any atom is 0.306 e. The fourth-order valence-corrected chi connectivity index (χ4v) is 6.77. The second-order valence-corrected chi connectivity index (χ2v) is 17.8. The summed E-state index contributed by atoms with van der Waals surface area (Å²) in [5.74, 6) is -0.365. The van der Waals surface area contributed by atoms with E-state index in [1.165, 1.54) is 89.9 Å². The van der Waals surface area contributed by atoms with E-state index < -0.39 is 13.9 Å². The predicted octanol–water partition coefficient (Wildman–Crippen LogP) is 13.1. The highest BCUT2D eigenvalue weighted by Gasteiger charge is 2.20. The summed E-state index contributed by atoms with van der Waals surface area (Å²) in [5.41, 5.74) is 0. The van der Waals surface area contributed by atoms with Crippen LogP contribution in [0.4, 0.5) is 0 Å². The molecule has 8 nitrogen and oxygen atoms in total. The van der Waals surface area contributed by atoms with E-state index in [2.05, 4.69) is 74.6 Å². The molecule has 0 rings (SSSR count). The van der Waals surface area contributed by atoms with Crippen LogP contribution < -0.4 is 4.89 Å². The monoisotopic (exact) mass is 822 g/mol. The SMILES string of the molecule is CC/C=C/C/C=C/C/C=C/C/C=C/C/C=C/CCCCCC(=O)OC(COCCCCCCCCCCCCCCCCCC)COP(=O)([O-])OCC[N+](C)(C)C. The fourth-order valence-electron chi connectivity index (χ4n) is 6.04. The molecule has 0 spiro atoms. The highest BCUT2D eigenvalue weighted by Crippen LogP contribution is 2.38. The van der Waals surface area contributed by atoms with Crippen molar-refractivity contribution in [3.63, 3.8) is 0 Å². The number of carbonyl (C=O) groups is 1. The molecule has 9 heteroatoms. The first-order valence-electron chi connectivity index (χ1n) is 23.0. The highest BCUT2D eigenvalue weighted by molar-refractivity contribution is 7.45. The Morgan fingerprint density at radius 3 is 1.51 bits per heavy atom. The second kappa shape index (κ2) is 41.0. The van der Waals surface area contributed by atoms with Crippen LogP contribution in [0.3, 0.4) is 0 Å². The van der Waals surface area contributed by atoms with Gasteiger partial charge in [0.15, 0.2) is 0 Å². The third-order valence-corrected chi connectivity index (χ3v) is 10.5. The van der Waals surface area contributed by atoms with Gasteiger partial charge in [-0.2, -0.15) is 0 Å². The Morgan fingerprint density at radius 2 is 1.02 bits per heavy atom. The molecule has 0 aliphatic heterocycles. The lowest BCUT2D eigenvalue weighted by Gasteiger charge is -2.28. The molecule has 0 aliphatic carbocycles. The molecule has 0 aromatic carbocycles. The van der Waals surface area contributed by atoms with Gasteiger partial charge in [-0.1, -0.05) is 177 Å². The predicted molar refractivity (Wildman–Crippen MR) is 240 cm³/mol. The van der Waals surface area contributed by atoms with Crippen LogP contribution in [0.5, 0.6) is 0 Å². The van der Waals surface area contributed by atoms with Crippen molar-refractivity contribution >= 4 is 13.8 Å². The molecule has 2 unspecified atom stereocenters. The average molecular weight is 822 g/mol. The number of hydrogen-bond acceptors (Lipinski definition) is 7. The number of phosphoric ester groups is 1. The van der Waals surface area contributed by atoms with Crippen LogP contribution in [0.1, 0.15) is 181 Å². The first-order chi connectivity index (χ1) is 27.6. The van der Waals surface area contributed by atoms with Crippen molar-refractivity contribution in [3.8, 4) is 0 Å². The molecule has 0 amide bonds. The van der Waals surface area contributed by atoms with Crippen LogP contribution in [0.2, 0.25) is 0 Å². The summed E-state index contributed by atoms with van der Waals surface area (Å²) in [6.07, 6.45) is 50.9. The van der Waals surface area contributed by atoms with Crippen LogP contribution in [0, 0.1) is 0 Å². The van der Waals surface area contributed by atoms with Gasteiger partial charge in [-0.15, -0.1) is 0 Å². The Bertz CT molecular complexity index is 1090. The van der Waals surface area contributed by atoms with Gasteiger partial charge in [0.25, 0.3) is 7.82 Å². The minimum Gasteiger partial charge on any atom is -0.756 e. The second-order valence-electron chi connectivity index (χ2n) is 16.4. The molecule has 0 aromatic rings. The van der Waals surface area contributed by atoms with Gasteiger partial charge in [-0.05, 0) is 57.8 Å². The number of phosphoric acid groups is 1. The molecule has 332 valence electrons. The maximum absolute atomic E-state index is 12.7. The number of ether oxygens (including phenoxy) is 2. The maximum atomic E-state index is 12.7. The van der Waals surface area contributed by atoms with Crippen LogP contribution in [-0.2, 0) is 27.9 Å². The molecular formula is C48H88NO7P. The van der Waals surface area contributed by atoms with Crippen molar-refractivity contribution in [2.75, 3.05) is 54.1 Å². The van der Waals surface area contributed by atoms with E-state index in [0.717, 1.165) is 64.2 Å². The van der Waals surface area contributed by atoms with Crippen molar-refractivity contribution < 1.29 is 37.3 Å². The van der Waals surface area contributed by atoms with Crippen molar-refractivity contribution in [1.82, 2.24) is 0 Å². The number of rotatable bonds is 42. The number of unbranched alkanes of at least 4 members (excludes halogenated alkanes) is 18. The molecule has 0 bridgehead atoms. The Morgan fingerprint density at radius 1 is 0.561 bits per heavy atom. The lowest BCUT2D eigenvalue weighted by atomic mass is 10.0. The Balaban J connectivity index is 4.28. The van der Waals surface area contributed by atoms with Gasteiger partial charge in [0.2, 0.25) is 0 Å². The summed E-state index contributed by atoms with van der Waals surface area (Å²) in [5, 5.41) is 0. The van der Waals surface area contributed by atoms with Crippen LogP contribution >= 0.6 is 7.82 Å². The topological polar surface area (TPSA) is 94.1 Å². The van der Waals surface area contributed by atoms with E-state index in [1.54, 1.807) is 0 Å². The lowest BCUT2D eigenvalue weighted by molar-refractivity contribution is -0.870. The summed E-state index contributed by atoms with van der Waals surface area (Å²) < 4.78 is 34.6. The average Bonchev–Trinajstić information content (AvgIpc) is 3.16. The number of likely N-dealkylation sites (N-methyl/N-ethyl adjacent to an activating group) is 1. The molecule has 0 aliphatic rings. The number of allylic oxidation sites excluding steroid dienone is 10. The number of quaternary nitrogens is 1. The minimum absolute atomic E-state index is 0.0180. The molecule has 0 aromatic heterocycles. The van der Waals surface area contributed by atoms with Gasteiger partial charge in [0.05, 0.1) is 34.4 Å². The first kappa shape index (κ1) is 55.2. The van der Waals surface area contributed by atoms with E-state index in [4.69, 9.17) is 18.5 Å². The van der Waals surface area contributed by atoms with Crippen molar-refractivity contribution in [2.45, 2.75) is 187 Å². The van der Waals surface area contributed by atoms with E-state index in [-0.39, 0.29) is 32.2 Å². The van der Waals surface area contributed by atoms with Gasteiger partial charge in [0, 0.05) is 13.0 Å². The summed E-state index contributed by atoms with van der Waals surface area (Å²) in [6.45, 7) is 5.26. The largest absolute Gasteiger partial charge is 0.756 e. The summed E-state index contributed by atoms with van der Waals surface area (Å²) in [4.78, 5) is 25.1. The van der Waals surface area contributed by atoms with Crippen molar-refractivity contribution in [3.05, 3.63) is 60.8 Å². The fraction of sp³-hybridized carbons (Fsp3) is 0.771. The molecule has 57 heavy (non-hydrogen) atoms. The number of carbonyl (C=O) groups excluding carboxylic acids is 1. The number of nitrogens with zero attached hydrogens (tertiary/aromatic N) is 1. The van der Waals surface area contributed by atoms with Crippen LogP contribution in [0.25, 0.3) is 0 Å². The van der Waals surface area contributed by atoms with Gasteiger partial charge in [-0.3, -0.25) is 9.36 Å². The minimum atomic E-state index is -4.54. The van der Waals surface area contributed by atoms with Crippen molar-refractivity contribution in [1.29, 1.82) is 0 Å². The quantitative estimate of drug-likeness (QED) is 0.0199.